The van der Waals surface area contributed by atoms with E-state index in [0.29, 0.717) is 5.56 Å². The Morgan fingerprint density at radius 1 is 1.57 bits per heavy atom. The summed E-state index contributed by atoms with van der Waals surface area (Å²) in [5, 5.41) is 8.40. The third-order valence-corrected chi connectivity index (χ3v) is 2.34. The first-order valence-corrected chi connectivity index (χ1v) is 4.80. The topological polar surface area (TPSA) is 49.8 Å². The van der Waals surface area contributed by atoms with Crippen molar-refractivity contribution in [3.05, 3.63) is 33.1 Å². The fourth-order valence-corrected chi connectivity index (χ4v) is 1.52. The van der Waals surface area contributed by atoms with Gasteiger partial charge in [0, 0.05) is 15.2 Å². The lowest BCUT2D eigenvalue weighted by molar-refractivity contribution is 0.584. The smallest absolute Gasteiger partial charge is 0.128 e. The molecule has 76 valence electrons. The standard InChI is InChI=1S/C9H8FIN2.ClH/c10-8-2-1-6(11)5-7(8)9(13)3-4-12;/h1-2,5,9H,3,13H2;1H/t9-;/m0./s1. The van der Waals surface area contributed by atoms with E-state index in [0.717, 1.165) is 3.57 Å². The number of nitrogens with zero attached hydrogens (tertiary/aromatic N) is 1. The zero-order valence-electron chi connectivity index (χ0n) is 7.21. The van der Waals surface area contributed by atoms with Crippen LogP contribution >= 0.6 is 35.0 Å². The maximum Gasteiger partial charge on any atom is 0.128 e. The molecule has 0 aliphatic carbocycles. The van der Waals surface area contributed by atoms with E-state index in [1.165, 1.54) is 6.07 Å². The summed E-state index contributed by atoms with van der Waals surface area (Å²) >= 11 is 2.08. The predicted molar refractivity (Wildman–Crippen MR) is 63.5 cm³/mol. The van der Waals surface area contributed by atoms with Crippen molar-refractivity contribution in [2.45, 2.75) is 12.5 Å². The molecule has 0 heterocycles. The first-order chi connectivity index (χ1) is 6.15. The van der Waals surface area contributed by atoms with Crippen molar-refractivity contribution in [1.29, 1.82) is 5.26 Å². The molecule has 1 aromatic rings. The van der Waals surface area contributed by atoms with Crippen LogP contribution in [0.1, 0.15) is 18.0 Å². The Morgan fingerprint density at radius 2 is 2.21 bits per heavy atom. The first-order valence-electron chi connectivity index (χ1n) is 3.72. The molecule has 0 aliphatic rings. The zero-order chi connectivity index (χ0) is 9.84. The van der Waals surface area contributed by atoms with E-state index in [2.05, 4.69) is 22.6 Å². The van der Waals surface area contributed by atoms with Gasteiger partial charge in [0.2, 0.25) is 0 Å². The van der Waals surface area contributed by atoms with Crippen LogP contribution in [0, 0.1) is 20.7 Å². The van der Waals surface area contributed by atoms with Crippen LogP contribution in [-0.4, -0.2) is 0 Å². The Balaban J connectivity index is 0.00000169. The van der Waals surface area contributed by atoms with E-state index in [1.54, 1.807) is 12.1 Å². The van der Waals surface area contributed by atoms with Gasteiger partial charge in [0.15, 0.2) is 0 Å². The minimum Gasteiger partial charge on any atom is -0.323 e. The average molecular weight is 327 g/mol. The van der Waals surface area contributed by atoms with E-state index in [9.17, 15) is 4.39 Å². The highest BCUT2D eigenvalue weighted by Crippen LogP contribution is 2.19. The van der Waals surface area contributed by atoms with E-state index < -0.39 is 6.04 Å². The highest BCUT2D eigenvalue weighted by Gasteiger charge is 2.10. The second-order valence-electron chi connectivity index (χ2n) is 2.63. The van der Waals surface area contributed by atoms with E-state index in [1.807, 2.05) is 6.07 Å². The SMILES string of the molecule is Cl.N#CC[C@H](N)c1cc(I)ccc1F. The molecule has 0 bridgehead atoms. The highest BCUT2D eigenvalue weighted by atomic mass is 127. The van der Waals surface area contributed by atoms with Crippen LogP contribution in [0.15, 0.2) is 18.2 Å². The number of halogens is 3. The molecule has 0 radical (unpaired) electrons. The Morgan fingerprint density at radius 3 is 2.79 bits per heavy atom. The second kappa shape index (κ2) is 6.17. The number of hydrogen-bond acceptors (Lipinski definition) is 2. The van der Waals surface area contributed by atoms with Crippen LogP contribution < -0.4 is 5.73 Å². The second-order valence-corrected chi connectivity index (χ2v) is 3.88. The molecule has 0 aliphatic heterocycles. The van der Waals surface area contributed by atoms with Crippen LogP contribution in [0.4, 0.5) is 4.39 Å². The van der Waals surface area contributed by atoms with Gasteiger partial charge in [-0.15, -0.1) is 12.4 Å². The van der Waals surface area contributed by atoms with Crippen molar-refractivity contribution < 1.29 is 4.39 Å². The number of nitrogens with two attached hydrogens (primary N) is 1. The lowest BCUT2D eigenvalue weighted by Crippen LogP contribution is -2.11. The van der Waals surface area contributed by atoms with Crippen LogP contribution in [0.25, 0.3) is 0 Å². The fourth-order valence-electron chi connectivity index (χ4n) is 1.01. The van der Waals surface area contributed by atoms with Gasteiger partial charge in [-0.25, -0.2) is 4.39 Å². The van der Waals surface area contributed by atoms with Crippen molar-refractivity contribution in [3.8, 4) is 6.07 Å². The summed E-state index contributed by atoms with van der Waals surface area (Å²) < 4.78 is 14.1. The molecule has 2 nitrogen and oxygen atoms in total. The number of benzene rings is 1. The Kier molecular flexibility index (Phi) is 6.00. The van der Waals surface area contributed by atoms with Crippen LogP contribution in [0.2, 0.25) is 0 Å². The molecule has 2 N–H and O–H groups in total. The molecule has 1 atom stereocenters. The largest absolute Gasteiger partial charge is 0.323 e. The molecule has 0 spiro atoms. The molecular weight excluding hydrogens is 317 g/mol. The summed E-state index contributed by atoms with van der Waals surface area (Å²) in [5.41, 5.74) is 6.02. The molecule has 14 heavy (non-hydrogen) atoms. The van der Waals surface area contributed by atoms with Crippen LogP contribution in [0.3, 0.4) is 0 Å². The Hall–Kier alpha value is -0.380. The quantitative estimate of drug-likeness (QED) is 0.850. The van der Waals surface area contributed by atoms with Crippen molar-refractivity contribution in [1.82, 2.24) is 0 Å². The molecule has 0 aromatic heterocycles. The lowest BCUT2D eigenvalue weighted by atomic mass is 10.1. The van der Waals surface area contributed by atoms with Gasteiger partial charge in [-0.2, -0.15) is 5.26 Å². The van der Waals surface area contributed by atoms with Crippen molar-refractivity contribution >= 4 is 35.0 Å². The fraction of sp³-hybridized carbons (Fsp3) is 0.222. The molecule has 5 heteroatoms. The summed E-state index contributed by atoms with van der Waals surface area (Å²) in [7, 11) is 0. The van der Waals surface area contributed by atoms with Crippen LogP contribution in [0.5, 0.6) is 0 Å². The van der Waals surface area contributed by atoms with Gasteiger partial charge in [0.1, 0.15) is 5.82 Å². The first kappa shape index (κ1) is 13.6. The van der Waals surface area contributed by atoms with Gasteiger partial charge in [0.25, 0.3) is 0 Å². The van der Waals surface area contributed by atoms with Crippen molar-refractivity contribution in [2.75, 3.05) is 0 Å². The summed E-state index contributed by atoms with van der Waals surface area (Å²) in [6.45, 7) is 0. The molecule has 0 saturated carbocycles. The van der Waals surface area contributed by atoms with Gasteiger partial charge in [0.05, 0.1) is 12.5 Å². The Bertz CT molecular complexity index is 351. The van der Waals surface area contributed by atoms with Crippen molar-refractivity contribution in [3.63, 3.8) is 0 Å². The number of hydrogen-bond donors (Lipinski definition) is 1. The molecule has 0 fully saturated rings. The average Bonchev–Trinajstić information content (AvgIpc) is 2.09. The number of rotatable bonds is 2. The normalized spacial score (nSPS) is 11.3. The summed E-state index contributed by atoms with van der Waals surface area (Å²) in [5.74, 6) is -0.344. The van der Waals surface area contributed by atoms with E-state index >= 15 is 0 Å². The monoisotopic (exact) mass is 326 g/mol. The molecular formula is C9H9ClFIN2. The van der Waals surface area contributed by atoms with E-state index in [4.69, 9.17) is 11.0 Å². The van der Waals surface area contributed by atoms with Gasteiger partial charge < -0.3 is 5.73 Å². The van der Waals surface area contributed by atoms with Crippen molar-refractivity contribution in [2.24, 2.45) is 5.73 Å². The lowest BCUT2D eigenvalue weighted by Gasteiger charge is -2.09. The van der Waals surface area contributed by atoms with Gasteiger partial charge in [-0.05, 0) is 40.8 Å². The van der Waals surface area contributed by atoms with E-state index in [-0.39, 0.29) is 24.6 Å². The minimum atomic E-state index is -0.528. The molecule has 0 unspecified atom stereocenters. The Labute approximate surface area is 102 Å². The molecule has 1 aromatic carbocycles. The predicted octanol–water partition coefficient (Wildman–Crippen LogP) is 2.77. The van der Waals surface area contributed by atoms with Crippen LogP contribution in [-0.2, 0) is 0 Å². The van der Waals surface area contributed by atoms with Gasteiger partial charge >= 0.3 is 0 Å². The summed E-state index contributed by atoms with van der Waals surface area (Å²) in [6.07, 6.45) is 0.136. The molecule has 1 rings (SSSR count). The zero-order valence-corrected chi connectivity index (χ0v) is 10.2. The highest BCUT2D eigenvalue weighted by molar-refractivity contribution is 14.1. The molecule has 0 amide bonds. The maximum atomic E-state index is 13.2. The summed E-state index contributed by atoms with van der Waals surface area (Å²) in [6, 6.07) is 6.09. The summed E-state index contributed by atoms with van der Waals surface area (Å²) in [4.78, 5) is 0. The number of nitriles is 1. The third-order valence-electron chi connectivity index (χ3n) is 1.67. The van der Waals surface area contributed by atoms with Gasteiger partial charge in [-0.3, -0.25) is 0 Å². The minimum absolute atomic E-state index is 0. The third kappa shape index (κ3) is 3.40. The molecule has 0 saturated heterocycles. The van der Waals surface area contributed by atoms with Gasteiger partial charge in [-0.1, -0.05) is 0 Å². The maximum absolute atomic E-state index is 13.2.